The smallest absolute Gasteiger partial charge is 0.195 e. The third-order valence-electron chi connectivity index (χ3n) is 8.56. The number of pyridine rings is 2. The molecule has 4 nitrogen and oxygen atoms in total. The van der Waals surface area contributed by atoms with Gasteiger partial charge in [0.15, 0.2) is 11.5 Å². The molecule has 0 N–H and O–H groups in total. The molecule has 0 amide bonds. The SMILES string of the molecule is CCc1nc2c(-c3cc(-c4cccnc4)cc(-c4cccnc4)c3)cc(-c3cc(-c4ccccc4)cc(-c4ccccc4)c3)cc2o1. The van der Waals surface area contributed by atoms with Crippen LogP contribution in [0.3, 0.4) is 0 Å². The molecule has 0 aliphatic heterocycles. The topological polar surface area (TPSA) is 51.8 Å². The Morgan fingerprint density at radius 1 is 0.447 bits per heavy atom. The van der Waals surface area contributed by atoms with Crippen molar-refractivity contribution in [1.82, 2.24) is 15.0 Å². The van der Waals surface area contributed by atoms with Crippen molar-refractivity contribution in [2.45, 2.75) is 13.3 Å². The lowest BCUT2D eigenvalue weighted by Crippen LogP contribution is -1.90. The van der Waals surface area contributed by atoms with Crippen LogP contribution in [0.2, 0.25) is 0 Å². The zero-order valence-corrected chi connectivity index (χ0v) is 26.0. The molecule has 0 atom stereocenters. The highest BCUT2D eigenvalue weighted by Crippen LogP contribution is 2.40. The van der Waals surface area contributed by atoms with Gasteiger partial charge in [-0.05, 0) is 111 Å². The monoisotopic (exact) mass is 605 g/mol. The van der Waals surface area contributed by atoms with Gasteiger partial charge in [-0.3, -0.25) is 9.97 Å². The summed E-state index contributed by atoms with van der Waals surface area (Å²) in [6, 6.07) is 47.1. The third kappa shape index (κ3) is 5.73. The highest BCUT2D eigenvalue weighted by atomic mass is 16.3. The average molecular weight is 606 g/mol. The van der Waals surface area contributed by atoms with Crippen molar-refractivity contribution in [3.63, 3.8) is 0 Å². The summed E-state index contributed by atoms with van der Waals surface area (Å²) in [4.78, 5) is 13.8. The van der Waals surface area contributed by atoms with E-state index in [1.54, 1.807) is 12.4 Å². The van der Waals surface area contributed by atoms with Crippen molar-refractivity contribution in [1.29, 1.82) is 0 Å². The summed E-state index contributed by atoms with van der Waals surface area (Å²) >= 11 is 0. The number of rotatable bonds is 7. The second-order valence-corrected chi connectivity index (χ2v) is 11.6. The van der Waals surface area contributed by atoms with Crippen LogP contribution in [0.25, 0.3) is 77.9 Å². The molecule has 0 radical (unpaired) electrons. The Balaban J connectivity index is 1.38. The predicted molar refractivity (Wildman–Crippen MR) is 192 cm³/mol. The first kappa shape index (κ1) is 28.4. The summed E-state index contributed by atoms with van der Waals surface area (Å²) < 4.78 is 6.37. The van der Waals surface area contributed by atoms with E-state index >= 15 is 0 Å². The lowest BCUT2D eigenvalue weighted by atomic mass is 9.90. The molecule has 0 aliphatic rings. The standard InChI is InChI=1S/C43H31N3O/c1-2-42-46-43-40(39-23-35(31-15-9-17-44-27-31)22-36(24-39)32-16-10-18-45-28-32)25-38(26-41(43)47-42)37-20-33(29-11-5-3-6-12-29)19-34(21-37)30-13-7-4-8-14-30/h3-28H,2H2,1H3. The molecule has 5 aromatic carbocycles. The fraction of sp³-hybridized carbons (Fsp3) is 0.0465. The van der Waals surface area contributed by atoms with Gasteiger partial charge in [-0.25, -0.2) is 4.98 Å². The number of hydrogen-bond acceptors (Lipinski definition) is 4. The molecule has 0 saturated carbocycles. The van der Waals surface area contributed by atoms with E-state index in [1.807, 2.05) is 24.5 Å². The second kappa shape index (κ2) is 12.3. The second-order valence-electron chi connectivity index (χ2n) is 11.6. The van der Waals surface area contributed by atoms with Gasteiger partial charge >= 0.3 is 0 Å². The third-order valence-corrected chi connectivity index (χ3v) is 8.56. The molecule has 0 unspecified atom stereocenters. The van der Waals surface area contributed by atoms with Gasteiger partial charge in [0.25, 0.3) is 0 Å². The van der Waals surface area contributed by atoms with Crippen LogP contribution in [0, 0.1) is 0 Å². The molecule has 47 heavy (non-hydrogen) atoms. The van der Waals surface area contributed by atoms with Crippen molar-refractivity contribution < 1.29 is 4.42 Å². The normalized spacial score (nSPS) is 11.2. The fourth-order valence-corrected chi connectivity index (χ4v) is 6.19. The number of oxazole rings is 1. The molecule has 3 heterocycles. The van der Waals surface area contributed by atoms with Crippen LogP contribution >= 0.6 is 0 Å². The maximum Gasteiger partial charge on any atom is 0.195 e. The van der Waals surface area contributed by atoms with Crippen molar-refractivity contribution in [2.75, 3.05) is 0 Å². The minimum absolute atomic E-state index is 0.710. The Morgan fingerprint density at radius 3 is 1.38 bits per heavy atom. The number of aromatic nitrogens is 3. The van der Waals surface area contributed by atoms with E-state index in [0.29, 0.717) is 6.42 Å². The molecular weight excluding hydrogens is 574 g/mol. The van der Waals surface area contributed by atoms with Crippen LogP contribution in [0.4, 0.5) is 0 Å². The van der Waals surface area contributed by atoms with E-state index < -0.39 is 0 Å². The van der Waals surface area contributed by atoms with Gasteiger partial charge in [-0.15, -0.1) is 0 Å². The molecule has 0 saturated heterocycles. The number of aryl methyl sites for hydroxylation is 1. The maximum absolute atomic E-state index is 6.37. The summed E-state index contributed by atoms with van der Waals surface area (Å²) in [5.74, 6) is 0.720. The minimum atomic E-state index is 0.710. The summed E-state index contributed by atoms with van der Waals surface area (Å²) in [5, 5.41) is 0. The van der Waals surface area contributed by atoms with Crippen LogP contribution in [0.1, 0.15) is 12.8 Å². The fourth-order valence-electron chi connectivity index (χ4n) is 6.19. The number of benzene rings is 5. The van der Waals surface area contributed by atoms with Gasteiger partial charge in [0, 0.05) is 47.9 Å². The van der Waals surface area contributed by atoms with Crippen molar-refractivity contribution in [3.05, 3.63) is 164 Å². The summed E-state index contributed by atoms with van der Waals surface area (Å²) in [7, 11) is 0. The molecule has 224 valence electrons. The van der Waals surface area contributed by atoms with Crippen LogP contribution < -0.4 is 0 Å². The quantitative estimate of drug-likeness (QED) is 0.181. The van der Waals surface area contributed by atoms with Gasteiger partial charge < -0.3 is 4.42 Å². The zero-order chi connectivity index (χ0) is 31.6. The van der Waals surface area contributed by atoms with Gasteiger partial charge in [-0.1, -0.05) is 79.7 Å². The molecule has 3 aromatic heterocycles. The Morgan fingerprint density at radius 2 is 0.894 bits per heavy atom. The number of fused-ring (bicyclic) bond motifs is 1. The summed E-state index contributed by atoms with van der Waals surface area (Å²) in [6.45, 7) is 2.07. The van der Waals surface area contributed by atoms with E-state index in [0.717, 1.165) is 72.6 Å². The molecule has 4 heteroatoms. The van der Waals surface area contributed by atoms with Crippen molar-refractivity contribution >= 4 is 11.1 Å². The van der Waals surface area contributed by atoms with E-state index in [1.165, 1.54) is 11.1 Å². The predicted octanol–water partition coefficient (Wildman–Crippen LogP) is 11.2. The lowest BCUT2D eigenvalue weighted by Gasteiger charge is -2.14. The van der Waals surface area contributed by atoms with E-state index in [9.17, 15) is 0 Å². The molecule has 8 rings (SSSR count). The summed E-state index contributed by atoms with van der Waals surface area (Å²) in [5.41, 5.74) is 14.8. The van der Waals surface area contributed by atoms with Crippen molar-refractivity contribution in [2.24, 2.45) is 0 Å². The molecule has 0 fully saturated rings. The highest BCUT2D eigenvalue weighted by molar-refractivity contribution is 5.97. The first-order chi connectivity index (χ1) is 23.2. The van der Waals surface area contributed by atoms with E-state index in [-0.39, 0.29) is 0 Å². The van der Waals surface area contributed by atoms with Crippen LogP contribution in [-0.4, -0.2) is 15.0 Å². The molecule has 8 aromatic rings. The lowest BCUT2D eigenvalue weighted by molar-refractivity contribution is 0.538. The molecule has 0 bridgehead atoms. The molecule has 0 spiro atoms. The van der Waals surface area contributed by atoms with Gasteiger partial charge in [-0.2, -0.15) is 0 Å². The highest BCUT2D eigenvalue weighted by Gasteiger charge is 2.17. The van der Waals surface area contributed by atoms with E-state index in [4.69, 9.17) is 9.40 Å². The Hall–Kier alpha value is -6.13. The first-order valence-corrected chi connectivity index (χ1v) is 15.9. The molecular formula is C43H31N3O. The van der Waals surface area contributed by atoms with E-state index in [2.05, 4.69) is 138 Å². The van der Waals surface area contributed by atoms with Gasteiger partial charge in [0.05, 0.1) is 0 Å². The maximum atomic E-state index is 6.37. The van der Waals surface area contributed by atoms with Crippen LogP contribution in [0.15, 0.2) is 163 Å². The molecule has 0 aliphatic carbocycles. The first-order valence-electron chi connectivity index (χ1n) is 15.9. The average Bonchev–Trinajstić information content (AvgIpc) is 3.59. The zero-order valence-electron chi connectivity index (χ0n) is 26.0. The Labute approximate surface area is 274 Å². The number of nitrogens with zero attached hydrogens (tertiary/aromatic N) is 3. The van der Waals surface area contributed by atoms with Crippen LogP contribution in [-0.2, 0) is 6.42 Å². The largest absolute Gasteiger partial charge is 0.441 e. The summed E-state index contributed by atoms with van der Waals surface area (Å²) in [6.07, 6.45) is 8.13. The Bertz CT molecular complexity index is 2200. The van der Waals surface area contributed by atoms with Gasteiger partial charge in [0.1, 0.15) is 5.52 Å². The van der Waals surface area contributed by atoms with Crippen LogP contribution in [0.5, 0.6) is 0 Å². The van der Waals surface area contributed by atoms with Crippen molar-refractivity contribution in [3.8, 4) is 66.8 Å². The minimum Gasteiger partial charge on any atom is -0.441 e. The number of hydrogen-bond donors (Lipinski definition) is 0. The Kier molecular flexibility index (Phi) is 7.44. The van der Waals surface area contributed by atoms with Gasteiger partial charge in [0.2, 0.25) is 0 Å².